The van der Waals surface area contributed by atoms with Gasteiger partial charge in [0.05, 0.1) is 22.6 Å². The Morgan fingerprint density at radius 2 is 1.53 bits per heavy atom. The number of nitrogens with one attached hydrogen (secondary N) is 1. The minimum atomic E-state index is -3.97. The molecule has 1 heterocycles. The SMILES string of the molecule is O=C(CN(c1ccc(Oc2ccccc2)cc1)S(=O)(=O)c1ccccc1)NCCSCc1ccco1. The highest BCUT2D eigenvalue weighted by molar-refractivity contribution is 7.98. The van der Waals surface area contributed by atoms with Crippen molar-refractivity contribution in [2.75, 3.05) is 23.1 Å². The van der Waals surface area contributed by atoms with Crippen LogP contribution >= 0.6 is 11.8 Å². The molecule has 7 nitrogen and oxygen atoms in total. The third-order valence-corrected chi connectivity index (χ3v) is 7.88. The quantitative estimate of drug-likeness (QED) is 0.254. The van der Waals surface area contributed by atoms with Crippen LogP contribution in [0.1, 0.15) is 5.76 Å². The van der Waals surface area contributed by atoms with E-state index < -0.39 is 15.9 Å². The average molecular weight is 523 g/mol. The number of anilines is 1. The Hall–Kier alpha value is -3.69. The van der Waals surface area contributed by atoms with Crippen LogP contribution in [0, 0.1) is 0 Å². The third kappa shape index (κ3) is 6.93. The number of sulfonamides is 1. The Morgan fingerprint density at radius 3 is 2.19 bits per heavy atom. The summed E-state index contributed by atoms with van der Waals surface area (Å²) in [5.74, 6) is 3.07. The van der Waals surface area contributed by atoms with Gasteiger partial charge in [-0.3, -0.25) is 9.10 Å². The maximum atomic E-state index is 13.5. The van der Waals surface area contributed by atoms with Crippen molar-refractivity contribution in [2.24, 2.45) is 0 Å². The van der Waals surface area contributed by atoms with E-state index in [9.17, 15) is 13.2 Å². The second kappa shape index (κ2) is 12.3. The summed E-state index contributed by atoms with van der Waals surface area (Å²) in [5.41, 5.74) is 0.363. The van der Waals surface area contributed by atoms with Crippen molar-refractivity contribution >= 4 is 33.4 Å². The molecule has 9 heteroatoms. The number of ether oxygens (including phenoxy) is 1. The van der Waals surface area contributed by atoms with E-state index in [1.807, 2.05) is 42.5 Å². The molecule has 186 valence electrons. The van der Waals surface area contributed by atoms with Gasteiger partial charge in [-0.1, -0.05) is 36.4 Å². The van der Waals surface area contributed by atoms with Crippen molar-refractivity contribution < 1.29 is 22.4 Å². The first-order valence-corrected chi connectivity index (χ1v) is 13.9. The molecule has 0 unspecified atom stereocenters. The van der Waals surface area contributed by atoms with Gasteiger partial charge in [0.15, 0.2) is 0 Å². The molecule has 1 N–H and O–H groups in total. The molecule has 36 heavy (non-hydrogen) atoms. The van der Waals surface area contributed by atoms with Crippen LogP contribution in [0.3, 0.4) is 0 Å². The summed E-state index contributed by atoms with van der Waals surface area (Å²) in [4.78, 5) is 12.8. The maximum absolute atomic E-state index is 13.5. The highest BCUT2D eigenvalue weighted by atomic mass is 32.2. The smallest absolute Gasteiger partial charge is 0.264 e. The summed E-state index contributed by atoms with van der Waals surface area (Å²) >= 11 is 1.62. The number of benzene rings is 3. The fourth-order valence-corrected chi connectivity index (χ4v) is 5.55. The number of carbonyl (C=O) groups is 1. The number of nitrogens with zero attached hydrogens (tertiary/aromatic N) is 1. The predicted molar refractivity (Wildman–Crippen MR) is 142 cm³/mol. The number of thioether (sulfide) groups is 1. The van der Waals surface area contributed by atoms with Gasteiger partial charge in [-0.15, -0.1) is 0 Å². The van der Waals surface area contributed by atoms with Crippen LogP contribution in [0.2, 0.25) is 0 Å². The first-order chi connectivity index (χ1) is 17.5. The number of amides is 1. The number of carbonyl (C=O) groups excluding carboxylic acids is 1. The summed E-state index contributed by atoms with van der Waals surface area (Å²) in [5, 5.41) is 2.81. The topological polar surface area (TPSA) is 88.8 Å². The predicted octanol–water partition coefficient (Wildman–Crippen LogP) is 5.32. The molecule has 0 spiro atoms. The van der Waals surface area contributed by atoms with Crippen LogP contribution in [0.25, 0.3) is 0 Å². The average Bonchev–Trinajstić information content (AvgIpc) is 3.42. The van der Waals surface area contributed by atoms with Gasteiger partial charge in [0.1, 0.15) is 23.8 Å². The number of hydrogen-bond donors (Lipinski definition) is 1. The second-order valence-corrected chi connectivity index (χ2v) is 10.7. The molecule has 4 aromatic rings. The van der Waals surface area contributed by atoms with E-state index >= 15 is 0 Å². The van der Waals surface area contributed by atoms with Crippen LogP contribution < -0.4 is 14.4 Å². The zero-order valence-electron chi connectivity index (χ0n) is 19.4. The summed E-state index contributed by atoms with van der Waals surface area (Å²) in [6.45, 7) is 0.0618. The van der Waals surface area contributed by atoms with Crippen molar-refractivity contribution in [1.82, 2.24) is 5.32 Å². The van der Waals surface area contributed by atoms with Gasteiger partial charge in [-0.25, -0.2) is 8.42 Å². The molecule has 0 aliphatic rings. The molecular formula is C27H26N2O5S2. The van der Waals surface area contributed by atoms with Gasteiger partial charge < -0.3 is 14.5 Å². The Labute approximate surface area is 215 Å². The van der Waals surface area contributed by atoms with Crippen molar-refractivity contribution in [3.05, 3.63) is 109 Å². The second-order valence-electron chi connectivity index (χ2n) is 7.72. The van der Waals surface area contributed by atoms with Gasteiger partial charge in [0, 0.05) is 12.3 Å². The molecule has 0 aliphatic carbocycles. The first kappa shape index (κ1) is 25.4. The van der Waals surface area contributed by atoms with E-state index in [2.05, 4.69) is 5.32 Å². The number of furan rings is 1. The van der Waals surface area contributed by atoms with Gasteiger partial charge in [0.2, 0.25) is 5.91 Å². The molecule has 0 atom stereocenters. The molecule has 0 saturated carbocycles. The largest absolute Gasteiger partial charge is 0.468 e. The first-order valence-electron chi connectivity index (χ1n) is 11.3. The lowest BCUT2D eigenvalue weighted by molar-refractivity contribution is -0.119. The summed E-state index contributed by atoms with van der Waals surface area (Å²) < 4.78 is 39.1. The van der Waals surface area contributed by atoms with E-state index in [1.54, 1.807) is 60.5 Å². The molecule has 3 aromatic carbocycles. The summed E-state index contributed by atoms with van der Waals surface area (Å²) in [6, 6.07) is 27.7. The standard InChI is InChI=1S/C27H26N2O5S2/c30-27(28-17-19-35-21-25-10-7-18-33-25)20-29(36(31,32)26-11-5-2-6-12-26)22-13-15-24(16-14-22)34-23-8-3-1-4-9-23/h1-16,18H,17,19-21H2,(H,28,30). The van der Waals surface area contributed by atoms with Gasteiger partial charge in [-0.2, -0.15) is 11.8 Å². The van der Waals surface area contributed by atoms with E-state index in [0.717, 1.165) is 10.1 Å². The minimum absolute atomic E-state index is 0.108. The third-order valence-electron chi connectivity index (χ3n) is 5.12. The molecule has 0 radical (unpaired) electrons. The fourth-order valence-electron chi connectivity index (χ4n) is 3.36. The Balaban J connectivity index is 1.44. The van der Waals surface area contributed by atoms with E-state index in [0.29, 0.717) is 35.2 Å². The van der Waals surface area contributed by atoms with Crippen molar-refractivity contribution in [3.63, 3.8) is 0 Å². The number of para-hydroxylation sites is 1. The molecule has 1 aromatic heterocycles. The van der Waals surface area contributed by atoms with Crippen LogP contribution in [0.5, 0.6) is 11.5 Å². The number of hydrogen-bond acceptors (Lipinski definition) is 6. The van der Waals surface area contributed by atoms with Gasteiger partial charge in [0.25, 0.3) is 10.0 Å². The highest BCUT2D eigenvalue weighted by Crippen LogP contribution is 2.28. The van der Waals surface area contributed by atoms with Crippen molar-refractivity contribution in [3.8, 4) is 11.5 Å². The maximum Gasteiger partial charge on any atom is 0.264 e. The van der Waals surface area contributed by atoms with Crippen LogP contribution in [-0.2, 0) is 20.6 Å². The molecular weight excluding hydrogens is 496 g/mol. The highest BCUT2D eigenvalue weighted by Gasteiger charge is 2.27. The lowest BCUT2D eigenvalue weighted by atomic mass is 10.3. The van der Waals surface area contributed by atoms with Crippen molar-refractivity contribution in [2.45, 2.75) is 10.6 Å². The van der Waals surface area contributed by atoms with Crippen LogP contribution in [-0.4, -0.2) is 33.2 Å². The Morgan fingerprint density at radius 1 is 0.861 bits per heavy atom. The zero-order chi connectivity index (χ0) is 25.2. The Bertz CT molecular complexity index is 1330. The Kier molecular flexibility index (Phi) is 8.70. The van der Waals surface area contributed by atoms with E-state index in [4.69, 9.17) is 9.15 Å². The summed E-state index contributed by atoms with van der Waals surface area (Å²) in [6.07, 6.45) is 1.62. The lowest BCUT2D eigenvalue weighted by Crippen LogP contribution is -2.41. The van der Waals surface area contributed by atoms with Crippen LogP contribution in [0.4, 0.5) is 5.69 Å². The lowest BCUT2D eigenvalue weighted by Gasteiger charge is -2.24. The van der Waals surface area contributed by atoms with E-state index in [-0.39, 0.29) is 11.4 Å². The fraction of sp³-hybridized carbons (Fsp3) is 0.148. The molecule has 0 fully saturated rings. The molecule has 0 saturated heterocycles. The minimum Gasteiger partial charge on any atom is -0.468 e. The molecule has 0 aliphatic heterocycles. The van der Waals surface area contributed by atoms with Gasteiger partial charge >= 0.3 is 0 Å². The van der Waals surface area contributed by atoms with Crippen LogP contribution in [0.15, 0.2) is 113 Å². The normalized spacial score (nSPS) is 11.1. The monoisotopic (exact) mass is 522 g/mol. The summed E-state index contributed by atoms with van der Waals surface area (Å²) in [7, 11) is -3.97. The number of rotatable bonds is 12. The van der Waals surface area contributed by atoms with E-state index in [1.165, 1.54) is 12.1 Å². The van der Waals surface area contributed by atoms with Gasteiger partial charge in [-0.05, 0) is 60.7 Å². The molecule has 4 rings (SSSR count). The molecule has 1 amide bonds. The molecule has 0 bridgehead atoms. The van der Waals surface area contributed by atoms with Crippen molar-refractivity contribution in [1.29, 1.82) is 0 Å². The zero-order valence-corrected chi connectivity index (χ0v) is 21.1.